The van der Waals surface area contributed by atoms with Crippen molar-refractivity contribution < 1.29 is 19.7 Å². The summed E-state index contributed by atoms with van der Waals surface area (Å²) in [5.41, 5.74) is 9.95. The number of rotatable bonds is 6. The van der Waals surface area contributed by atoms with Crippen molar-refractivity contribution >= 4 is 17.0 Å². The maximum Gasteiger partial charge on any atom is 0.167 e. The normalized spacial score (nSPS) is 23.1. The number of nitrogen functional groups attached to an aromatic ring is 1. The van der Waals surface area contributed by atoms with E-state index in [0.29, 0.717) is 17.8 Å². The molecule has 0 bridgehead atoms. The van der Waals surface area contributed by atoms with E-state index in [1.807, 2.05) is 42.5 Å². The molecule has 9 nitrogen and oxygen atoms in total. The van der Waals surface area contributed by atoms with Crippen molar-refractivity contribution in [2.24, 2.45) is 0 Å². The van der Waals surface area contributed by atoms with Crippen molar-refractivity contribution in [3.05, 3.63) is 72.8 Å². The molecule has 1 saturated heterocycles. The summed E-state index contributed by atoms with van der Waals surface area (Å²) in [7, 11) is 0. The summed E-state index contributed by atoms with van der Waals surface area (Å²) in [6.07, 6.45) is -1.05. The van der Waals surface area contributed by atoms with E-state index in [2.05, 4.69) is 27.1 Å². The summed E-state index contributed by atoms with van der Waals surface area (Å²) in [5, 5.41) is 21.0. The maximum absolute atomic E-state index is 10.5. The smallest absolute Gasteiger partial charge is 0.167 e. The van der Waals surface area contributed by atoms with Gasteiger partial charge in [-0.2, -0.15) is 0 Å². The standard InChI is InChI=1S/C23H23N5O4/c24-21-18-22(26-12-25-21)28(13-27-18)23-20(30)19(29)17(32-23)11-31-10-14-6-8-16(9-7-14)15-4-2-1-3-5-15/h1-9,12-13,17,19-20,23,29-30H,10-11H2,(H2,24,25,26)/t17-,19-,20-,23-/m1/s1. The highest BCUT2D eigenvalue weighted by atomic mass is 16.6. The molecule has 0 aliphatic carbocycles. The number of imidazole rings is 1. The molecule has 0 unspecified atom stereocenters. The van der Waals surface area contributed by atoms with E-state index >= 15 is 0 Å². The van der Waals surface area contributed by atoms with Crippen molar-refractivity contribution in [2.45, 2.75) is 31.1 Å². The Morgan fingerprint density at radius 2 is 1.69 bits per heavy atom. The van der Waals surface area contributed by atoms with E-state index in [0.717, 1.165) is 16.7 Å². The van der Waals surface area contributed by atoms with E-state index in [-0.39, 0.29) is 12.4 Å². The largest absolute Gasteiger partial charge is 0.387 e. The molecule has 3 heterocycles. The fraction of sp³-hybridized carbons (Fsp3) is 0.261. The van der Waals surface area contributed by atoms with Crippen LogP contribution in [0, 0.1) is 0 Å². The highest BCUT2D eigenvalue weighted by molar-refractivity contribution is 5.81. The minimum atomic E-state index is -1.16. The van der Waals surface area contributed by atoms with Gasteiger partial charge < -0.3 is 25.4 Å². The van der Waals surface area contributed by atoms with Crippen LogP contribution < -0.4 is 5.73 Å². The van der Waals surface area contributed by atoms with Gasteiger partial charge in [-0.1, -0.05) is 54.6 Å². The Hall–Kier alpha value is -3.37. The Kier molecular flexibility index (Phi) is 5.54. The molecule has 4 N–H and O–H groups in total. The average Bonchev–Trinajstić information content (AvgIpc) is 3.37. The van der Waals surface area contributed by atoms with Gasteiger partial charge in [-0.25, -0.2) is 15.0 Å². The number of aromatic nitrogens is 4. The predicted molar refractivity (Wildman–Crippen MR) is 117 cm³/mol. The molecule has 0 radical (unpaired) electrons. The SMILES string of the molecule is Nc1ncnc2c1ncn2[C@@H]1O[C@H](COCc2ccc(-c3ccccc3)cc2)[C@@H](O)[C@H]1O. The second kappa shape index (κ2) is 8.64. The summed E-state index contributed by atoms with van der Waals surface area (Å²) in [4.78, 5) is 12.3. The maximum atomic E-state index is 10.5. The van der Waals surface area contributed by atoms with Gasteiger partial charge in [0.1, 0.15) is 30.2 Å². The van der Waals surface area contributed by atoms with Crippen LogP contribution in [0.1, 0.15) is 11.8 Å². The second-order valence-corrected chi connectivity index (χ2v) is 7.71. The first-order valence-corrected chi connectivity index (χ1v) is 10.3. The molecular weight excluding hydrogens is 410 g/mol. The van der Waals surface area contributed by atoms with Gasteiger partial charge in [0.15, 0.2) is 17.7 Å². The van der Waals surface area contributed by atoms with Gasteiger partial charge in [0, 0.05) is 0 Å². The average molecular weight is 433 g/mol. The third-order valence-corrected chi connectivity index (χ3v) is 5.61. The number of fused-ring (bicyclic) bond motifs is 1. The first-order chi connectivity index (χ1) is 15.6. The van der Waals surface area contributed by atoms with Gasteiger partial charge in [-0.05, 0) is 16.7 Å². The highest BCUT2D eigenvalue weighted by Gasteiger charge is 2.44. The minimum absolute atomic E-state index is 0.124. The van der Waals surface area contributed by atoms with Crippen LogP contribution in [-0.2, 0) is 16.1 Å². The van der Waals surface area contributed by atoms with E-state index in [9.17, 15) is 10.2 Å². The number of ether oxygens (including phenoxy) is 2. The molecule has 4 aromatic rings. The number of nitrogens with two attached hydrogens (primary N) is 1. The molecule has 5 rings (SSSR count). The fourth-order valence-electron chi connectivity index (χ4n) is 3.87. The summed E-state index contributed by atoms with van der Waals surface area (Å²) in [6, 6.07) is 18.3. The molecule has 2 aromatic heterocycles. The van der Waals surface area contributed by atoms with Gasteiger partial charge in [-0.15, -0.1) is 0 Å². The zero-order valence-electron chi connectivity index (χ0n) is 17.2. The van der Waals surface area contributed by atoms with Crippen LogP contribution in [-0.4, -0.2) is 54.7 Å². The number of aliphatic hydroxyl groups excluding tert-OH is 2. The Morgan fingerprint density at radius 1 is 0.938 bits per heavy atom. The van der Waals surface area contributed by atoms with Crippen molar-refractivity contribution in [1.82, 2.24) is 19.5 Å². The van der Waals surface area contributed by atoms with E-state index in [1.165, 1.54) is 12.7 Å². The zero-order valence-corrected chi connectivity index (χ0v) is 17.2. The molecule has 1 aliphatic heterocycles. The number of hydrogen-bond acceptors (Lipinski definition) is 8. The number of nitrogens with zero attached hydrogens (tertiary/aromatic N) is 4. The summed E-state index contributed by atoms with van der Waals surface area (Å²) in [5.74, 6) is 0.236. The lowest BCUT2D eigenvalue weighted by molar-refractivity contribution is -0.0682. The summed E-state index contributed by atoms with van der Waals surface area (Å²) < 4.78 is 13.2. The van der Waals surface area contributed by atoms with Gasteiger partial charge in [0.2, 0.25) is 0 Å². The fourth-order valence-corrected chi connectivity index (χ4v) is 3.87. The lowest BCUT2D eigenvalue weighted by atomic mass is 10.0. The Labute approximate surface area is 184 Å². The van der Waals surface area contributed by atoms with Crippen molar-refractivity contribution in [3.63, 3.8) is 0 Å². The van der Waals surface area contributed by atoms with Crippen LogP contribution in [0.15, 0.2) is 67.3 Å². The third kappa shape index (κ3) is 3.82. The lowest BCUT2D eigenvalue weighted by Crippen LogP contribution is -2.33. The number of hydrogen-bond donors (Lipinski definition) is 3. The molecule has 4 atom stereocenters. The van der Waals surface area contributed by atoms with Crippen LogP contribution in [0.2, 0.25) is 0 Å². The van der Waals surface area contributed by atoms with Crippen LogP contribution in [0.4, 0.5) is 5.82 Å². The Balaban J connectivity index is 1.21. The number of anilines is 1. The quantitative estimate of drug-likeness (QED) is 0.421. The molecule has 9 heteroatoms. The van der Waals surface area contributed by atoms with E-state index < -0.39 is 24.5 Å². The van der Waals surface area contributed by atoms with Crippen LogP contribution >= 0.6 is 0 Å². The summed E-state index contributed by atoms with van der Waals surface area (Å²) >= 11 is 0. The Bertz CT molecular complexity index is 1200. The molecule has 164 valence electrons. The first-order valence-electron chi connectivity index (χ1n) is 10.3. The third-order valence-electron chi connectivity index (χ3n) is 5.61. The second-order valence-electron chi connectivity index (χ2n) is 7.71. The topological polar surface area (TPSA) is 129 Å². The molecule has 1 fully saturated rings. The van der Waals surface area contributed by atoms with Crippen LogP contribution in [0.25, 0.3) is 22.3 Å². The summed E-state index contributed by atoms with van der Waals surface area (Å²) in [6.45, 7) is 0.485. The Morgan fingerprint density at radius 3 is 2.47 bits per heavy atom. The molecule has 2 aromatic carbocycles. The number of benzene rings is 2. The molecular formula is C23H23N5O4. The lowest BCUT2D eigenvalue weighted by Gasteiger charge is -2.16. The number of aliphatic hydroxyl groups is 2. The molecule has 0 saturated carbocycles. The van der Waals surface area contributed by atoms with Crippen molar-refractivity contribution in [2.75, 3.05) is 12.3 Å². The predicted octanol–water partition coefficient (Wildman–Crippen LogP) is 1.91. The van der Waals surface area contributed by atoms with Gasteiger partial charge in [0.25, 0.3) is 0 Å². The monoisotopic (exact) mass is 433 g/mol. The van der Waals surface area contributed by atoms with Gasteiger partial charge >= 0.3 is 0 Å². The molecule has 0 amide bonds. The van der Waals surface area contributed by atoms with Gasteiger partial charge in [0.05, 0.1) is 19.5 Å². The molecule has 32 heavy (non-hydrogen) atoms. The van der Waals surface area contributed by atoms with Crippen LogP contribution in [0.3, 0.4) is 0 Å². The van der Waals surface area contributed by atoms with Crippen molar-refractivity contribution in [1.29, 1.82) is 0 Å². The molecule has 0 spiro atoms. The van der Waals surface area contributed by atoms with Crippen molar-refractivity contribution in [3.8, 4) is 11.1 Å². The minimum Gasteiger partial charge on any atom is -0.387 e. The van der Waals surface area contributed by atoms with Crippen LogP contribution in [0.5, 0.6) is 0 Å². The first kappa shape index (κ1) is 20.5. The van der Waals surface area contributed by atoms with E-state index in [1.54, 1.807) is 4.57 Å². The van der Waals surface area contributed by atoms with Gasteiger partial charge in [-0.3, -0.25) is 4.57 Å². The van der Waals surface area contributed by atoms with E-state index in [4.69, 9.17) is 15.2 Å². The zero-order chi connectivity index (χ0) is 22.1. The highest BCUT2D eigenvalue weighted by Crippen LogP contribution is 2.32. The molecule has 1 aliphatic rings.